The molecule has 0 amide bonds. The Morgan fingerprint density at radius 3 is 0.562 bits per heavy atom. The van der Waals surface area contributed by atoms with E-state index in [4.69, 9.17) is 29.7 Å². The summed E-state index contributed by atoms with van der Waals surface area (Å²) < 4.78 is 0. The van der Waals surface area contributed by atoms with Crippen molar-refractivity contribution in [2.75, 3.05) is 0 Å². The van der Waals surface area contributed by atoms with Crippen LogP contribution in [0.4, 0.5) is 0 Å². The van der Waals surface area contributed by atoms with Crippen LogP contribution in [0.5, 0.6) is 0 Å². The van der Waals surface area contributed by atoms with Crippen LogP contribution in [0.2, 0.25) is 0 Å². The third-order valence-corrected chi connectivity index (χ3v) is 0. The Morgan fingerprint density at radius 2 is 0.562 bits per heavy atom. The van der Waals surface area contributed by atoms with Crippen molar-refractivity contribution in [3.05, 3.63) is 0 Å². The Kier molecular flexibility index (Phi) is 68.8. The zero-order chi connectivity index (χ0) is 14.7. The van der Waals surface area contributed by atoms with Crippen LogP contribution in [0.25, 0.3) is 0 Å². The standard InChI is InChI=1S/3C2H4O2.2C2H6/c3*1-2(3)4;2*1-2/h3*1H3,(H,3,4);2*1-2H3. The molecule has 0 spiro atoms. The van der Waals surface area contributed by atoms with E-state index in [0.29, 0.717) is 0 Å². The van der Waals surface area contributed by atoms with Crippen LogP contribution in [0, 0.1) is 0 Å². The van der Waals surface area contributed by atoms with Gasteiger partial charge in [0.25, 0.3) is 17.9 Å². The maximum Gasteiger partial charge on any atom is 0.300 e. The summed E-state index contributed by atoms with van der Waals surface area (Å²) in [6.45, 7) is 11.3. The summed E-state index contributed by atoms with van der Waals surface area (Å²) in [5.74, 6) is -2.50. The molecule has 0 aromatic rings. The Morgan fingerprint density at radius 1 is 0.562 bits per heavy atom. The molecule has 0 aliphatic carbocycles. The van der Waals surface area contributed by atoms with Crippen molar-refractivity contribution in [2.24, 2.45) is 0 Å². The highest BCUT2D eigenvalue weighted by atomic mass is 16.4. The number of carboxylic acids is 3. The van der Waals surface area contributed by atoms with Crippen LogP contribution < -0.4 is 0 Å². The Bertz CT molecular complexity index is 113. The molecule has 0 saturated heterocycles. The molecule has 6 heteroatoms. The largest absolute Gasteiger partial charge is 0.481 e. The van der Waals surface area contributed by atoms with Crippen molar-refractivity contribution in [2.45, 2.75) is 48.5 Å². The van der Waals surface area contributed by atoms with Crippen molar-refractivity contribution in [1.29, 1.82) is 0 Å². The van der Waals surface area contributed by atoms with Gasteiger partial charge in [-0.1, -0.05) is 27.7 Å². The lowest BCUT2D eigenvalue weighted by molar-refractivity contribution is -0.135. The molecule has 0 unspecified atom stereocenters. The number of hydrogen-bond acceptors (Lipinski definition) is 3. The fraction of sp³-hybridized carbons (Fsp3) is 0.700. The van der Waals surface area contributed by atoms with Crippen molar-refractivity contribution in [1.82, 2.24) is 0 Å². The van der Waals surface area contributed by atoms with Gasteiger partial charge in [0, 0.05) is 20.8 Å². The van der Waals surface area contributed by atoms with Gasteiger partial charge in [-0.05, 0) is 0 Å². The second-order valence-electron chi connectivity index (χ2n) is 1.56. The van der Waals surface area contributed by atoms with Gasteiger partial charge >= 0.3 is 0 Å². The van der Waals surface area contributed by atoms with E-state index in [2.05, 4.69) is 0 Å². The van der Waals surface area contributed by atoms with Gasteiger partial charge in [0.1, 0.15) is 0 Å². The lowest BCUT2D eigenvalue weighted by Gasteiger charge is -1.59. The number of rotatable bonds is 0. The van der Waals surface area contributed by atoms with E-state index >= 15 is 0 Å². The van der Waals surface area contributed by atoms with Crippen LogP contribution in [0.1, 0.15) is 48.5 Å². The van der Waals surface area contributed by atoms with Crippen LogP contribution in [0.15, 0.2) is 0 Å². The van der Waals surface area contributed by atoms with Crippen molar-refractivity contribution in [3.8, 4) is 0 Å². The van der Waals surface area contributed by atoms with Gasteiger partial charge in [0.2, 0.25) is 0 Å². The predicted octanol–water partition coefficient (Wildman–Crippen LogP) is 2.33. The summed E-state index contributed by atoms with van der Waals surface area (Å²) in [4.78, 5) is 27.0. The number of aliphatic carboxylic acids is 3. The molecule has 16 heavy (non-hydrogen) atoms. The van der Waals surface area contributed by atoms with E-state index in [1.54, 1.807) is 0 Å². The fourth-order valence-corrected chi connectivity index (χ4v) is 0. The smallest absolute Gasteiger partial charge is 0.300 e. The molecule has 0 aliphatic heterocycles. The minimum atomic E-state index is -0.833. The molecule has 0 aromatic carbocycles. The van der Waals surface area contributed by atoms with Crippen molar-refractivity contribution < 1.29 is 29.7 Å². The van der Waals surface area contributed by atoms with E-state index in [1.165, 1.54) is 0 Å². The molecule has 0 aliphatic rings. The first-order valence-electron chi connectivity index (χ1n) is 4.78. The number of carboxylic acid groups (broad SMARTS) is 3. The third kappa shape index (κ3) is 639. The van der Waals surface area contributed by atoms with E-state index in [0.717, 1.165) is 20.8 Å². The molecule has 0 saturated carbocycles. The summed E-state index contributed by atoms with van der Waals surface area (Å²) in [6, 6.07) is 0. The summed E-state index contributed by atoms with van der Waals surface area (Å²) >= 11 is 0. The van der Waals surface area contributed by atoms with E-state index in [-0.39, 0.29) is 0 Å². The van der Waals surface area contributed by atoms with Gasteiger partial charge in [-0.15, -0.1) is 0 Å². The van der Waals surface area contributed by atoms with Crippen LogP contribution in [0.3, 0.4) is 0 Å². The quantitative estimate of drug-likeness (QED) is 0.599. The van der Waals surface area contributed by atoms with Crippen LogP contribution in [-0.2, 0) is 14.4 Å². The van der Waals surface area contributed by atoms with E-state index in [9.17, 15) is 0 Å². The molecule has 0 aromatic heterocycles. The molecule has 0 heterocycles. The van der Waals surface area contributed by atoms with E-state index < -0.39 is 17.9 Å². The lowest BCUT2D eigenvalue weighted by atomic mass is 10.9. The first-order valence-corrected chi connectivity index (χ1v) is 4.78. The van der Waals surface area contributed by atoms with Crippen molar-refractivity contribution in [3.63, 3.8) is 0 Å². The Labute approximate surface area is 96.9 Å². The first-order chi connectivity index (χ1) is 7.20. The SMILES string of the molecule is CC.CC.CC(=O)O.CC(=O)O.CC(=O)O. The molecule has 6 nitrogen and oxygen atoms in total. The predicted molar refractivity (Wildman–Crippen MR) is 62.6 cm³/mol. The average molecular weight is 240 g/mol. The maximum absolute atomic E-state index is 9.00. The molecule has 0 rings (SSSR count). The molecule has 0 bridgehead atoms. The van der Waals surface area contributed by atoms with Crippen LogP contribution >= 0.6 is 0 Å². The van der Waals surface area contributed by atoms with Gasteiger partial charge in [-0.25, -0.2) is 0 Å². The lowest BCUT2D eigenvalue weighted by Crippen LogP contribution is -1.78. The normalized spacial score (nSPS) is 5.44. The highest BCUT2D eigenvalue weighted by Crippen LogP contribution is 1.42. The van der Waals surface area contributed by atoms with Gasteiger partial charge in [0.15, 0.2) is 0 Å². The van der Waals surface area contributed by atoms with Gasteiger partial charge in [0.05, 0.1) is 0 Å². The molecule has 0 fully saturated rings. The van der Waals surface area contributed by atoms with Crippen LogP contribution in [-0.4, -0.2) is 33.2 Å². The summed E-state index contributed by atoms with van der Waals surface area (Å²) in [7, 11) is 0. The zero-order valence-electron chi connectivity index (χ0n) is 11.1. The summed E-state index contributed by atoms with van der Waals surface area (Å²) in [5.41, 5.74) is 0. The molecular weight excluding hydrogens is 216 g/mol. The zero-order valence-corrected chi connectivity index (χ0v) is 11.1. The molecule has 100 valence electrons. The van der Waals surface area contributed by atoms with E-state index in [1.807, 2.05) is 27.7 Å². The number of hydrogen-bond donors (Lipinski definition) is 3. The fourth-order valence-electron chi connectivity index (χ4n) is 0. The highest BCUT2D eigenvalue weighted by molar-refractivity contribution is 5.63. The third-order valence-electron chi connectivity index (χ3n) is 0. The maximum atomic E-state index is 9.00. The molecule has 0 radical (unpaired) electrons. The summed E-state index contributed by atoms with van der Waals surface area (Å²) in [6.07, 6.45) is 0. The van der Waals surface area contributed by atoms with Gasteiger partial charge < -0.3 is 15.3 Å². The monoisotopic (exact) mass is 240 g/mol. The Balaban J connectivity index is -0.0000000327. The average Bonchev–Trinajstić information content (AvgIpc) is 2.07. The minimum Gasteiger partial charge on any atom is -0.481 e. The molecule has 3 N–H and O–H groups in total. The minimum absolute atomic E-state index is 0.833. The topological polar surface area (TPSA) is 112 Å². The van der Waals surface area contributed by atoms with Gasteiger partial charge in [-0.2, -0.15) is 0 Å². The Hall–Kier alpha value is -1.59. The summed E-state index contributed by atoms with van der Waals surface area (Å²) in [5, 5.41) is 22.2. The van der Waals surface area contributed by atoms with Crippen molar-refractivity contribution >= 4 is 17.9 Å². The first kappa shape index (κ1) is 29.3. The molecule has 0 atom stereocenters. The highest BCUT2D eigenvalue weighted by Gasteiger charge is 1.66. The molecular formula is C10H24O6. The second-order valence-corrected chi connectivity index (χ2v) is 1.56. The second kappa shape index (κ2) is 37.6. The van der Waals surface area contributed by atoms with Gasteiger partial charge in [-0.3, -0.25) is 14.4 Å². The number of carbonyl (C=O) groups is 3.